The van der Waals surface area contributed by atoms with Crippen molar-refractivity contribution < 1.29 is 4.74 Å². The van der Waals surface area contributed by atoms with Crippen molar-refractivity contribution in [2.45, 2.75) is 12.1 Å². The molecule has 0 aliphatic heterocycles. The summed E-state index contributed by atoms with van der Waals surface area (Å²) in [6.07, 6.45) is 1.94. The van der Waals surface area contributed by atoms with E-state index in [0.29, 0.717) is 0 Å². The standard InChI is InChI=1S/C18H18N2OS/c1-3-22-18-19-13-17(14-9-11-16(21-2)12-10-14)20(18)15-7-5-4-6-8-15/h4-13H,3H2,1-2H3. The summed E-state index contributed by atoms with van der Waals surface area (Å²) < 4.78 is 7.44. The number of hydrogen-bond acceptors (Lipinski definition) is 3. The molecule has 0 saturated heterocycles. The van der Waals surface area contributed by atoms with Gasteiger partial charge in [-0.25, -0.2) is 4.98 Å². The summed E-state index contributed by atoms with van der Waals surface area (Å²) in [5.74, 6) is 1.85. The lowest BCUT2D eigenvalue weighted by Gasteiger charge is -2.12. The molecule has 22 heavy (non-hydrogen) atoms. The van der Waals surface area contributed by atoms with Crippen molar-refractivity contribution in [3.8, 4) is 22.7 Å². The van der Waals surface area contributed by atoms with Crippen LogP contribution in [0.5, 0.6) is 5.75 Å². The Balaban J connectivity index is 2.11. The van der Waals surface area contributed by atoms with Crippen LogP contribution in [0.1, 0.15) is 6.92 Å². The average Bonchev–Trinajstić information content (AvgIpc) is 3.00. The summed E-state index contributed by atoms with van der Waals surface area (Å²) in [6, 6.07) is 18.4. The number of imidazole rings is 1. The molecule has 0 aliphatic rings. The summed E-state index contributed by atoms with van der Waals surface area (Å²) in [4.78, 5) is 4.60. The molecule has 1 aromatic heterocycles. The molecule has 0 fully saturated rings. The second-order valence-electron chi connectivity index (χ2n) is 4.76. The molecule has 2 aromatic carbocycles. The number of nitrogens with zero attached hydrogens (tertiary/aromatic N) is 2. The molecule has 0 aliphatic carbocycles. The zero-order chi connectivity index (χ0) is 15.4. The van der Waals surface area contributed by atoms with Gasteiger partial charge in [-0.3, -0.25) is 4.57 Å². The zero-order valence-corrected chi connectivity index (χ0v) is 13.5. The summed E-state index contributed by atoms with van der Waals surface area (Å²) in [6.45, 7) is 2.14. The van der Waals surface area contributed by atoms with Crippen LogP contribution in [0.4, 0.5) is 0 Å². The van der Waals surface area contributed by atoms with Gasteiger partial charge in [0, 0.05) is 11.3 Å². The topological polar surface area (TPSA) is 27.1 Å². The Morgan fingerprint density at radius 2 is 1.77 bits per heavy atom. The van der Waals surface area contributed by atoms with Gasteiger partial charge in [0.2, 0.25) is 0 Å². The largest absolute Gasteiger partial charge is 0.497 e. The Morgan fingerprint density at radius 1 is 1.05 bits per heavy atom. The number of benzene rings is 2. The highest BCUT2D eigenvalue weighted by Crippen LogP contribution is 2.30. The number of methoxy groups -OCH3 is 1. The van der Waals surface area contributed by atoms with Crippen LogP contribution in [0.3, 0.4) is 0 Å². The molecule has 1 heterocycles. The van der Waals surface area contributed by atoms with Gasteiger partial charge in [-0.2, -0.15) is 0 Å². The second kappa shape index (κ2) is 6.71. The van der Waals surface area contributed by atoms with Gasteiger partial charge >= 0.3 is 0 Å². The van der Waals surface area contributed by atoms with Gasteiger partial charge in [0.15, 0.2) is 5.16 Å². The van der Waals surface area contributed by atoms with E-state index < -0.39 is 0 Å². The highest BCUT2D eigenvalue weighted by molar-refractivity contribution is 7.99. The second-order valence-corrected chi connectivity index (χ2v) is 5.99. The fraction of sp³-hybridized carbons (Fsp3) is 0.167. The van der Waals surface area contributed by atoms with Crippen LogP contribution in [0.15, 0.2) is 66.0 Å². The van der Waals surface area contributed by atoms with Crippen LogP contribution in [0.25, 0.3) is 16.9 Å². The summed E-state index contributed by atoms with van der Waals surface area (Å²) in [5, 5.41) is 1.01. The van der Waals surface area contributed by atoms with Gasteiger partial charge in [0.1, 0.15) is 5.75 Å². The van der Waals surface area contributed by atoms with E-state index >= 15 is 0 Å². The normalized spacial score (nSPS) is 10.6. The van der Waals surface area contributed by atoms with Crippen molar-refractivity contribution in [2.24, 2.45) is 0 Å². The minimum Gasteiger partial charge on any atom is -0.497 e. The maximum Gasteiger partial charge on any atom is 0.173 e. The predicted molar refractivity (Wildman–Crippen MR) is 92.0 cm³/mol. The van der Waals surface area contributed by atoms with Crippen LogP contribution in [-0.4, -0.2) is 22.4 Å². The summed E-state index contributed by atoms with van der Waals surface area (Å²) in [5.41, 5.74) is 3.34. The molecule has 3 aromatic rings. The Bertz CT molecular complexity index is 736. The van der Waals surface area contributed by atoms with Gasteiger partial charge < -0.3 is 4.74 Å². The molecule has 0 radical (unpaired) electrons. The Labute approximate surface area is 135 Å². The molecule has 112 valence electrons. The quantitative estimate of drug-likeness (QED) is 0.641. The van der Waals surface area contributed by atoms with E-state index in [1.807, 2.05) is 36.5 Å². The molecule has 0 bridgehead atoms. The molecule has 0 amide bonds. The van der Waals surface area contributed by atoms with E-state index in [-0.39, 0.29) is 0 Å². The first-order valence-corrected chi connectivity index (χ1v) is 8.22. The average molecular weight is 310 g/mol. The smallest absolute Gasteiger partial charge is 0.173 e. The molecule has 4 heteroatoms. The van der Waals surface area contributed by atoms with Crippen molar-refractivity contribution >= 4 is 11.8 Å². The molecule has 3 rings (SSSR count). The Hall–Kier alpha value is -2.20. The Kier molecular flexibility index (Phi) is 4.49. The number of thioether (sulfide) groups is 1. The van der Waals surface area contributed by atoms with E-state index in [1.165, 1.54) is 0 Å². The van der Waals surface area contributed by atoms with E-state index in [9.17, 15) is 0 Å². The maximum atomic E-state index is 5.24. The first kappa shape index (κ1) is 14.7. The lowest BCUT2D eigenvalue weighted by molar-refractivity contribution is 0.415. The van der Waals surface area contributed by atoms with E-state index in [2.05, 4.69) is 40.7 Å². The molecule has 0 atom stereocenters. The zero-order valence-electron chi connectivity index (χ0n) is 12.7. The fourth-order valence-electron chi connectivity index (χ4n) is 2.36. The molecule has 0 unspecified atom stereocenters. The molecule has 3 nitrogen and oxygen atoms in total. The van der Waals surface area contributed by atoms with Crippen molar-refractivity contribution in [3.63, 3.8) is 0 Å². The number of ether oxygens (including phenoxy) is 1. The fourth-order valence-corrected chi connectivity index (χ4v) is 3.08. The predicted octanol–water partition coefficient (Wildman–Crippen LogP) is 4.66. The van der Waals surface area contributed by atoms with Crippen LogP contribution in [0, 0.1) is 0 Å². The first-order valence-electron chi connectivity index (χ1n) is 7.24. The third-order valence-electron chi connectivity index (χ3n) is 3.40. The van der Waals surface area contributed by atoms with Crippen molar-refractivity contribution in [2.75, 3.05) is 12.9 Å². The molecule has 0 saturated carbocycles. The first-order chi connectivity index (χ1) is 10.8. The molecular weight excluding hydrogens is 292 g/mol. The Morgan fingerprint density at radius 3 is 2.41 bits per heavy atom. The highest BCUT2D eigenvalue weighted by atomic mass is 32.2. The van der Waals surface area contributed by atoms with Gasteiger partial charge in [-0.1, -0.05) is 36.9 Å². The van der Waals surface area contributed by atoms with Crippen molar-refractivity contribution in [1.29, 1.82) is 0 Å². The third kappa shape index (κ3) is 2.88. The van der Waals surface area contributed by atoms with E-state index in [1.54, 1.807) is 18.9 Å². The number of aromatic nitrogens is 2. The minimum absolute atomic E-state index is 0.859. The summed E-state index contributed by atoms with van der Waals surface area (Å²) in [7, 11) is 1.68. The number of rotatable bonds is 5. The van der Waals surface area contributed by atoms with Crippen molar-refractivity contribution in [1.82, 2.24) is 9.55 Å². The lowest BCUT2D eigenvalue weighted by atomic mass is 10.1. The lowest BCUT2D eigenvalue weighted by Crippen LogP contribution is -1.99. The maximum absolute atomic E-state index is 5.24. The van der Waals surface area contributed by atoms with E-state index in [4.69, 9.17) is 4.74 Å². The van der Waals surface area contributed by atoms with Gasteiger partial charge in [-0.05, 0) is 42.2 Å². The van der Waals surface area contributed by atoms with Crippen molar-refractivity contribution in [3.05, 3.63) is 60.8 Å². The SMILES string of the molecule is CCSc1ncc(-c2ccc(OC)cc2)n1-c1ccccc1. The van der Waals surface area contributed by atoms with Gasteiger partial charge in [-0.15, -0.1) is 0 Å². The number of hydrogen-bond donors (Lipinski definition) is 0. The van der Waals surface area contributed by atoms with Crippen LogP contribution < -0.4 is 4.74 Å². The molecule has 0 N–H and O–H groups in total. The van der Waals surface area contributed by atoms with E-state index in [0.717, 1.165) is 33.6 Å². The van der Waals surface area contributed by atoms with Gasteiger partial charge in [0.25, 0.3) is 0 Å². The minimum atomic E-state index is 0.859. The van der Waals surface area contributed by atoms with Crippen LogP contribution in [0.2, 0.25) is 0 Å². The molecular formula is C18H18N2OS. The highest BCUT2D eigenvalue weighted by Gasteiger charge is 2.13. The number of para-hydroxylation sites is 1. The third-order valence-corrected chi connectivity index (χ3v) is 4.24. The monoisotopic (exact) mass is 310 g/mol. The van der Waals surface area contributed by atoms with Crippen LogP contribution in [-0.2, 0) is 0 Å². The van der Waals surface area contributed by atoms with Crippen LogP contribution >= 0.6 is 11.8 Å². The summed E-state index contributed by atoms with van der Waals surface area (Å²) >= 11 is 1.75. The van der Waals surface area contributed by atoms with Gasteiger partial charge in [0.05, 0.1) is 19.0 Å². The molecule has 0 spiro atoms.